The van der Waals surface area contributed by atoms with Gasteiger partial charge >= 0.3 is 6.18 Å². The van der Waals surface area contributed by atoms with E-state index in [0.717, 1.165) is 0 Å². The first-order valence-electron chi connectivity index (χ1n) is 8.47. The molecule has 162 valence electrons. The van der Waals surface area contributed by atoms with E-state index >= 15 is 0 Å². The van der Waals surface area contributed by atoms with E-state index in [0.29, 0.717) is 5.75 Å². The number of halogens is 3. The molecule has 1 N–H and O–H groups in total. The average molecular weight is 425 g/mol. The van der Waals surface area contributed by atoms with Crippen LogP contribution in [0.3, 0.4) is 0 Å². The van der Waals surface area contributed by atoms with Crippen molar-refractivity contribution in [1.29, 1.82) is 0 Å². The number of nitrogens with zero attached hydrogens (tertiary/aromatic N) is 1. The fraction of sp³-hybridized carbons (Fsp3) is 0.286. The molecule has 0 saturated carbocycles. The van der Waals surface area contributed by atoms with Gasteiger partial charge in [-0.3, -0.25) is 4.79 Å². The zero-order valence-corrected chi connectivity index (χ0v) is 15.8. The predicted octanol–water partition coefficient (Wildman–Crippen LogP) is 5.02. The van der Waals surface area contributed by atoms with Crippen LogP contribution < -0.4 is 14.9 Å². The van der Waals surface area contributed by atoms with Crippen molar-refractivity contribution in [2.24, 2.45) is 0 Å². The van der Waals surface area contributed by atoms with Crippen LogP contribution in [-0.4, -0.2) is 31.2 Å². The summed E-state index contributed by atoms with van der Waals surface area (Å²) >= 11 is 0. The van der Waals surface area contributed by atoms with Crippen molar-refractivity contribution in [1.82, 2.24) is 4.90 Å². The van der Waals surface area contributed by atoms with Crippen LogP contribution >= 0.6 is 0 Å². The molecule has 0 aliphatic heterocycles. The molecule has 30 heavy (non-hydrogen) atoms. The van der Waals surface area contributed by atoms with Gasteiger partial charge in [-0.1, -0.05) is 7.43 Å². The summed E-state index contributed by atoms with van der Waals surface area (Å²) in [4.78, 5) is 14.5. The summed E-state index contributed by atoms with van der Waals surface area (Å²) in [6, 6.07) is 8.16. The average Bonchev–Trinajstić information content (AvgIpc) is 2.65. The molecule has 6 nitrogen and oxygen atoms in total. The summed E-state index contributed by atoms with van der Waals surface area (Å²) < 4.78 is 56.4. The molecule has 0 aliphatic carbocycles. The lowest BCUT2D eigenvalue weighted by Crippen LogP contribution is -2.17. The van der Waals surface area contributed by atoms with Gasteiger partial charge in [0.2, 0.25) is 11.2 Å². The van der Waals surface area contributed by atoms with Gasteiger partial charge in [-0.25, -0.2) is 0 Å². The molecule has 0 fully saturated rings. The number of ether oxygens (including phenoxy) is 2. The highest BCUT2D eigenvalue weighted by Crippen LogP contribution is 2.40. The second-order valence-corrected chi connectivity index (χ2v) is 6.54. The number of fused-ring (bicyclic) bond motifs is 1. The second kappa shape index (κ2) is 8.66. The molecule has 0 spiro atoms. The Morgan fingerprint density at radius 1 is 1.07 bits per heavy atom. The van der Waals surface area contributed by atoms with Gasteiger partial charge in [0.1, 0.15) is 22.8 Å². The molecule has 1 aromatic heterocycles. The third kappa shape index (κ3) is 4.51. The molecule has 0 amide bonds. The van der Waals surface area contributed by atoms with Gasteiger partial charge in [-0.05, 0) is 50.5 Å². The number of rotatable bonds is 5. The van der Waals surface area contributed by atoms with E-state index in [2.05, 4.69) is 0 Å². The van der Waals surface area contributed by atoms with Gasteiger partial charge in [-0.2, -0.15) is 13.2 Å². The number of aromatic hydroxyl groups is 1. The van der Waals surface area contributed by atoms with Crippen molar-refractivity contribution in [3.8, 4) is 23.0 Å². The van der Waals surface area contributed by atoms with Gasteiger partial charge < -0.3 is 23.9 Å². The van der Waals surface area contributed by atoms with Crippen LogP contribution in [0.2, 0.25) is 0 Å². The topological polar surface area (TPSA) is 72.1 Å². The van der Waals surface area contributed by atoms with E-state index in [1.165, 1.54) is 43.5 Å². The maximum atomic E-state index is 13.7. The van der Waals surface area contributed by atoms with E-state index in [9.17, 15) is 23.1 Å². The number of methoxy groups -OCH3 is 1. The molecule has 2 aromatic carbocycles. The fourth-order valence-corrected chi connectivity index (χ4v) is 2.80. The minimum absolute atomic E-state index is 0. The van der Waals surface area contributed by atoms with Crippen LogP contribution in [0.1, 0.15) is 18.8 Å². The Kier molecular flexibility index (Phi) is 6.66. The molecule has 0 radical (unpaired) electrons. The van der Waals surface area contributed by atoms with Crippen molar-refractivity contribution in [2.75, 3.05) is 21.2 Å². The van der Waals surface area contributed by atoms with Crippen molar-refractivity contribution >= 4 is 11.0 Å². The lowest BCUT2D eigenvalue weighted by Gasteiger charge is -2.17. The third-order valence-electron chi connectivity index (χ3n) is 4.11. The maximum absolute atomic E-state index is 13.7. The second-order valence-electron chi connectivity index (χ2n) is 6.54. The van der Waals surface area contributed by atoms with Crippen molar-refractivity contribution < 1.29 is 32.2 Å². The molecule has 0 atom stereocenters. The Balaban J connectivity index is 0.00000320. The van der Waals surface area contributed by atoms with E-state index in [-0.39, 0.29) is 42.0 Å². The highest BCUT2D eigenvalue weighted by Gasteiger charge is 2.41. The molecular formula is C21H22F3NO5. The van der Waals surface area contributed by atoms with Gasteiger partial charge in [0.15, 0.2) is 0 Å². The molecule has 9 heteroatoms. The first-order chi connectivity index (χ1) is 13.6. The molecule has 0 unspecified atom stereocenters. The third-order valence-corrected chi connectivity index (χ3v) is 4.11. The largest absolute Gasteiger partial charge is 0.507 e. The SMILES string of the molecule is C.COc1ccc(Oc2c(C(F)(F)F)oc3c(CN(C)C)c(O)ccc3c2=O)cc1. The molecule has 0 bridgehead atoms. The Bertz CT molecular complexity index is 1090. The van der Waals surface area contributed by atoms with Crippen molar-refractivity contribution in [2.45, 2.75) is 20.1 Å². The highest BCUT2D eigenvalue weighted by molar-refractivity contribution is 5.83. The van der Waals surface area contributed by atoms with Crippen LogP contribution in [0, 0.1) is 0 Å². The summed E-state index contributed by atoms with van der Waals surface area (Å²) in [6.45, 7) is 0.0715. The summed E-state index contributed by atoms with van der Waals surface area (Å²) in [5.41, 5.74) is -1.25. The van der Waals surface area contributed by atoms with Crippen molar-refractivity contribution in [3.05, 3.63) is 57.9 Å². The van der Waals surface area contributed by atoms with Gasteiger partial charge in [0, 0.05) is 6.54 Å². The number of hydrogen-bond acceptors (Lipinski definition) is 6. The Morgan fingerprint density at radius 3 is 2.20 bits per heavy atom. The summed E-state index contributed by atoms with van der Waals surface area (Å²) in [6.07, 6.45) is -4.99. The van der Waals surface area contributed by atoms with Crippen molar-refractivity contribution in [3.63, 3.8) is 0 Å². The predicted molar refractivity (Wildman–Crippen MR) is 106 cm³/mol. The quantitative estimate of drug-likeness (QED) is 0.619. The molecule has 3 aromatic rings. The van der Waals surface area contributed by atoms with Crippen LogP contribution in [-0.2, 0) is 12.7 Å². The lowest BCUT2D eigenvalue weighted by molar-refractivity contribution is -0.154. The Hall–Kier alpha value is -3.20. The standard InChI is InChI=1S/C20H18F3NO5.CH4/c1-24(2)10-14-15(25)9-8-13-16(26)18(19(20(21,22)23)29-17(13)14)28-12-6-4-11(27-3)5-7-12;/h4-9,25H,10H2,1-3H3;1H4. The number of phenolic OH excluding ortho intramolecular Hbond substituents is 1. The van der Waals surface area contributed by atoms with Gasteiger partial charge in [-0.15, -0.1) is 0 Å². The maximum Gasteiger partial charge on any atom is 0.453 e. The molecule has 0 aliphatic rings. The fourth-order valence-electron chi connectivity index (χ4n) is 2.80. The highest BCUT2D eigenvalue weighted by atomic mass is 19.4. The molecule has 0 saturated heterocycles. The van der Waals surface area contributed by atoms with Crippen LogP contribution in [0.25, 0.3) is 11.0 Å². The zero-order valence-electron chi connectivity index (χ0n) is 15.8. The van der Waals surface area contributed by atoms with E-state index < -0.39 is 23.1 Å². The smallest absolute Gasteiger partial charge is 0.453 e. The first-order valence-corrected chi connectivity index (χ1v) is 8.47. The summed E-state index contributed by atoms with van der Waals surface area (Å²) in [5, 5.41) is 9.95. The number of hydrogen-bond donors (Lipinski definition) is 1. The van der Waals surface area contributed by atoms with E-state index in [4.69, 9.17) is 13.9 Å². The minimum Gasteiger partial charge on any atom is -0.507 e. The molecule has 1 heterocycles. The number of phenols is 1. The van der Waals surface area contributed by atoms with Crippen LogP contribution in [0.15, 0.2) is 45.6 Å². The van der Waals surface area contributed by atoms with Crippen LogP contribution in [0.5, 0.6) is 23.0 Å². The number of alkyl halides is 3. The molecular weight excluding hydrogens is 403 g/mol. The number of benzene rings is 2. The summed E-state index contributed by atoms with van der Waals surface area (Å²) in [5.74, 6) is -2.34. The van der Waals surface area contributed by atoms with E-state index in [1.54, 1.807) is 19.0 Å². The normalized spacial score (nSPS) is 11.4. The van der Waals surface area contributed by atoms with Gasteiger partial charge in [0.05, 0.1) is 18.1 Å². The molecule has 3 rings (SSSR count). The Morgan fingerprint density at radius 2 is 1.67 bits per heavy atom. The summed E-state index contributed by atoms with van der Waals surface area (Å²) in [7, 11) is 4.78. The van der Waals surface area contributed by atoms with E-state index in [1.807, 2.05) is 0 Å². The first kappa shape index (κ1) is 23.1. The lowest BCUT2D eigenvalue weighted by atomic mass is 10.1. The zero-order chi connectivity index (χ0) is 21.3. The monoisotopic (exact) mass is 425 g/mol. The van der Waals surface area contributed by atoms with Crippen LogP contribution in [0.4, 0.5) is 13.2 Å². The minimum atomic E-state index is -4.99. The van der Waals surface area contributed by atoms with Gasteiger partial charge in [0.25, 0.3) is 5.76 Å². The Labute approximate surface area is 171 Å².